The van der Waals surface area contributed by atoms with Crippen molar-refractivity contribution in [3.63, 3.8) is 0 Å². The first kappa shape index (κ1) is 12.9. The van der Waals surface area contributed by atoms with E-state index in [1.165, 1.54) is 12.7 Å². The Hall–Kier alpha value is -1.55. The number of methoxy groups -OCH3 is 1. The lowest BCUT2D eigenvalue weighted by Crippen LogP contribution is -2.28. The second-order valence-electron chi connectivity index (χ2n) is 4.63. The van der Waals surface area contributed by atoms with Crippen molar-refractivity contribution in [3.8, 4) is 5.75 Å². The van der Waals surface area contributed by atoms with Crippen molar-refractivity contribution in [1.29, 1.82) is 0 Å². The van der Waals surface area contributed by atoms with Crippen LogP contribution in [0.5, 0.6) is 5.75 Å². The Morgan fingerprint density at radius 2 is 2.28 bits per heavy atom. The lowest BCUT2D eigenvalue weighted by molar-refractivity contribution is -0.140. The predicted octanol–water partition coefficient (Wildman–Crippen LogP) is 1.66. The Kier molecular flexibility index (Phi) is 4.20. The van der Waals surface area contributed by atoms with Crippen LogP contribution in [0.4, 0.5) is 0 Å². The topological polar surface area (TPSA) is 38.8 Å². The van der Waals surface area contributed by atoms with Crippen LogP contribution in [0, 0.1) is 0 Å². The molecule has 1 atom stereocenters. The summed E-state index contributed by atoms with van der Waals surface area (Å²) in [6.07, 6.45) is 0.433. The zero-order chi connectivity index (χ0) is 13.0. The van der Waals surface area contributed by atoms with Crippen LogP contribution in [-0.4, -0.2) is 44.7 Å². The van der Waals surface area contributed by atoms with Gasteiger partial charge in [-0.15, -0.1) is 0 Å². The number of rotatable bonds is 5. The SMILES string of the molecule is COC(=O)CCN(C)CC1COc2ccccc21. The Balaban J connectivity index is 1.86. The summed E-state index contributed by atoms with van der Waals surface area (Å²) in [5.41, 5.74) is 1.27. The largest absolute Gasteiger partial charge is 0.493 e. The number of para-hydroxylation sites is 1. The molecule has 18 heavy (non-hydrogen) atoms. The number of esters is 1. The first-order valence-electron chi connectivity index (χ1n) is 6.18. The summed E-state index contributed by atoms with van der Waals surface area (Å²) >= 11 is 0. The molecule has 0 fully saturated rings. The molecule has 0 bridgehead atoms. The van der Waals surface area contributed by atoms with Crippen molar-refractivity contribution in [2.24, 2.45) is 0 Å². The lowest BCUT2D eigenvalue weighted by atomic mass is 10.0. The van der Waals surface area contributed by atoms with Crippen molar-refractivity contribution in [3.05, 3.63) is 29.8 Å². The zero-order valence-electron chi connectivity index (χ0n) is 10.9. The normalized spacial score (nSPS) is 17.4. The van der Waals surface area contributed by atoms with Gasteiger partial charge in [0.1, 0.15) is 5.75 Å². The fraction of sp³-hybridized carbons (Fsp3) is 0.500. The van der Waals surface area contributed by atoms with Crippen LogP contribution in [0.15, 0.2) is 24.3 Å². The van der Waals surface area contributed by atoms with Gasteiger partial charge >= 0.3 is 5.97 Å². The zero-order valence-corrected chi connectivity index (χ0v) is 10.9. The van der Waals surface area contributed by atoms with Gasteiger partial charge in [0.25, 0.3) is 0 Å². The number of benzene rings is 1. The molecule has 0 amide bonds. The highest BCUT2D eigenvalue weighted by molar-refractivity contribution is 5.69. The summed E-state index contributed by atoms with van der Waals surface area (Å²) in [4.78, 5) is 13.2. The molecule has 2 rings (SSSR count). The molecule has 0 saturated carbocycles. The van der Waals surface area contributed by atoms with Crippen molar-refractivity contribution < 1.29 is 14.3 Å². The Morgan fingerprint density at radius 3 is 3.06 bits per heavy atom. The molecule has 1 aromatic rings. The van der Waals surface area contributed by atoms with Gasteiger partial charge < -0.3 is 14.4 Å². The van der Waals surface area contributed by atoms with Gasteiger partial charge in [-0.1, -0.05) is 18.2 Å². The second-order valence-corrected chi connectivity index (χ2v) is 4.63. The minimum atomic E-state index is -0.162. The number of carbonyl (C=O) groups excluding carboxylic acids is 1. The monoisotopic (exact) mass is 249 g/mol. The van der Waals surface area contributed by atoms with Crippen molar-refractivity contribution >= 4 is 5.97 Å². The maximum Gasteiger partial charge on any atom is 0.306 e. The van der Waals surface area contributed by atoms with Crippen LogP contribution in [-0.2, 0) is 9.53 Å². The average Bonchev–Trinajstić information content (AvgIpc) is 2.79. The van der Waals surface area contributed by atoms with E-state index in [-0.39, 0.29) is 5.97 Å². The third kappa shape index (κ3) is 3.01. The van der Waals surface area contributed by atoms with Crippen LogP contribution in [0.1, 0.15) is 17.9 Å². The molecule has 0 aliphatic carbocycles. The van der Waals surface area contributed by atoms with E-state index < -0.39 is 0 Å². The van der Waals surface area contributed by atoms with E-state index in [0.29, 0.717) is 18.9 Å². The molecule has 1 aliphatic rings. The Labute approximate surface area is 107 Å². The van der Waals surface area contributed by atoms with Crippen LogP contribution in [0.3, 0.4) is 0 Å². The van der Waals surface area contributed by atoms with Crippen LogP contribution < -0.4 is 4.74 Å². The van der Waals surface area contributed by atoms with E-state index in [0.717, 1.165) is 18.9 Å². The first-order valence-corrected chi connectivity index (χ1v) is 6.18. The van der Waals surface area contributed by atoms with Gasteiger partial charge in [-0.2, -0.15) is 0 Å². The fourth-order valence-electron chi connectivity index (χ4n) is 2.23. The van der Waals surface area contributed by atoms with Gasteiger partial charge in [-0.3, -0.25) is 4.79 Å². The molecule has 0 spiro atoms. The minimum Gasteiger partial charge on any atom is -0.493 e. The summed E-state index contributed by atoms with van der Waals surface area (Å²) < 4.78 is 10.3. The number of carbonyl (C=O) groups is 1. The molecule has 0 radical (unpaired) electrons. The number of hydrogen-bond acceptors (Lipinski definition) is 4. The van der Waals surface area contributed by atoms with Gasteiger partial charge in [0.15, 0.2) is 0 Å². The van der Waals surface area contributed by atoms with E-state index in [1.54, 1.807) is 0 Å². The van der Waals surface area contributed by atoms with E-state index in [1.807, 2.05) is 25.2 Å². The quantitative estimate of drug-likeness (QED) is 0.744. The summed E-state index contributed by atoms with van der Waals surface area (Å²) in [6, 6.07) is 8.14. The summed E-state index contributed by atoms with van der Waals surface area (Å²) in [5.74, 6) is 1.22. The molecule has 0 aromatic heterocycles. The molecule has 4 heteroatoms. The van der Waals surface area contributed by atoms with Gasteiger partial charge in [0.2, 0.25) is 0 Å². The molecule has 4 nitrogen and oxygen atoms in total. The smallest absolute Gasteiger partial charge is 0.306 e. The fourth-order valence-corrected chi connectivity index (χ4v) is 2.23. The van der Waals surface area contributed by atoms with E-state index in [9.17, 15) is 4.79 Å². The average molecular weight is 249 g/mol. The molecule has 1 aromatic carbocycles. The van der Waals surface area contributed by atoms with E-state index in [4.69, 9.17) is 4.74 Å². The van der Waals surface area contributed by atoms with Crippen molar-refractivity contribution in [2.75, 3.05) is 33.9 Å². The molecular formula is C14H19NO3. The van der Waals surface area contributed by atoms with Crippen molar-refractivity contribution in [2.45, 2.75) is 12.3 Å². The summed E-state index contributed by atoms with van der Waals surface area (Å²) in [6.45, 7) is 2.33. The Bertz CT molecular complexity index is 419. The number of likely N-dealkylation sites (N-methyl/N-ethyl adjacent to an activating group) is 1. The van der Waals surface area contributed by atoms with Gasteiger partial charge in [-0.25, -0.2) is 0 Å². The third-order valence-electron chi connectivity index (χ3n) is 3.26. The highest BCUT2D eigenvalue weighted by atomic mass is 16.5. The predicted molar refractivity (Wildman–Crippen MR) is 68.8 cm³/mol. The van der Waals surface area contributed by atoms with Gasteiger partial charge in [0, 0.05) is 24.6 Å². The van der Waals surface area contributed by atoms with Crippen molar-refractivity contribution in [1.82, 2.24) is 4.90 Å². The van der Waals surface area contributed by atoms with Crippen LogP contribution in [0.2, 0.25) is 0 Å². The highest BCUT2D eigenvalue weighted by Crippen LogP contribution is 2.33. The lowest BCUT2D eigenvalue weighted by Gasteiger charge is -2.19. The minimum absolute atomic E-state index is 0.162. The maximum absolute atomic E-state index is 11.1. The molecule has 1 aliphatic heterocycles. The number of nitrogens with zero attached hydrogens (tertiary/aromatic N) is 1. The molecule has 1 unspecified atom stereocenters. The standard InChI is InChI=1S/C14H19NO3/c1-15(8-7-14(16)17-2)9-11-10-18-13-6-4-3-5-12(11)13/h3-6,11H,7-10H2,1-2H3. The molecular weight excluding hydrogens is 230 g/mol. The van der Waals surface area contributed by atoms with Crippen LogP contribution in [0.25, 0.3) is 0 Å². The maximum atomic E-state index is 11.1. The number of hydrogen-bond donors (Lipinski definition) is 0. The van der Waals surface area contributed by atoms with Gasteiger partial charge in [-0.05, 0) is 13.1 Å². The Morgan fingerprint density at radius 1 is 1.50 bits per heavy atom. The molecule has 98 valence electrons. The van der Waals surface area contributed by atoms with Crippen LogP contribution >= 0.6 is 0 Å². The summed E-state index contributed by atoms with van der Waals surface area (Å²) in [5, 5.41) is 0. The highest BCUT2D eigenvalue weighted by Gasteiger charge is 2.24. The molecule has 0 N–H and O–H groups in total. The van der Waals surface area contributed by atoms with E-state index in [2.05, 4.69) is 15.7 Å². The summed E-state index contributed by atoms with van der Waals surface area (Å²) in [7, 11) is 3.44. The first-order chi connectivity index (χ1) is 8.70. The number of ether oxygens (including phenoxy) is 2. The second kappa shape index (κ2) is 5.87. The molecule has 1 heterocycles. The number of fused-ring (bicyclic) bond motifs is 1. The van der Waals surface area contributed by atoms with E-state index >= 15 is 0 Å². The molecule has 0 saturated heterocycles. The van der Waals surface area contributed by atoms with Gasteiger partial charge in [0.05, 0.1) is 20.1 Å². The third-order valence-corrected chi connectivity index (χ3v) is 3.26.